The molecule has 0 bridgehead atoms. The summed E-state index contributed by atoms with van der Waals surface area (Å²) in [5.74, 6) is 1.83. The van der Waals surface area contributed by atoms with Gasteiger partial charge < -0.3 is 16.0 Å². The normalized spacial score (nSPS) is 19.8. The highest BCUT2D eigenvalue weighted by atomic mass is 15.2. The number of hydrogen-bond acceptors (Lipinski definition) is 2. The van der Waals surface area contributed by atoms with Gasteiger partial charge in [-0.05, 0) is 36.8 Å². The van der Waals surface area contributed by atoms with E-state index < -0.39 is 0 Å². The Kier molecular flexibility index (Phi) is 6.72. The van der Waals surface area contributed by atoms with Gasteiger partial charge in [0.25, 0.3) is 0 Å². The molecule has 1 unspecified atom stereocenters. The summed E-state index contributed by atoms with van der Waals surface area (Å²) in [5.41, 5.74) is 7.32. The van der Waals surface area contributed by atoms with E-state index in [1.54, 1.807) is 0 Å². The van der Waals surface area contributed by atoms with Crippen LogP contribution in [0.3, 0.4) is 0 Å². The van der Waals surface area contributed by atoms with Crippen molar-refractivity contribution in [1.82, 2.24) is 10.2 Å². The maximum absolute atomic E-state index is 5.89. The van der Waals surface area contributed by atoms with Gasteiger partial charge in [-0.25, -0.2) is 0 Å². The second kappa shape index (κ2) is 8.79. The minimum atomic E-state index is 0.556. The molecular formula is C18H30N4. The van der Waals surface area contributed by atoms with Gasteiger partial charge in [0.15, 0.2) is 5.96 Å². The van der Waals surface area contributed by atoms with Crippen LogP contribution in [0.15, 0.2) is 35.3 Å². The molecule has 1 aromatic rings. The summed E-state index contributed by atoms with van der Waals surface area (Å²) < 4.78 is 0. The van der Waals surface area contributed by atoms with Crippen LogP contribution in [0.25, 0.3) is 0 Å². The number of hydrogen-bond donors (Lipinski definition) is 2. The second-order valence-electron chi connectivity index (χ2n) is 6.69. The van der Waals surface area contributed by atoms with Crippen molar-refractivity contribution < 1.29 is 0 Å². The molecule has 0 aromatic heterocycles. The molecule has 1 aliphatic rings. The molecule has 0 saturated carbocycles. The molecule has 1 fully saturated rings. The Morgan fingerprint density at radius 1 is 1.36 bits per heavy atom. The summed E-state index contributed by atoms with van der Waals surface area (Å²) >= 11 is 0. The molecule has 1 aliphatic heterocycles. The first-order valence-corrected chi connectivity index (χ1v) is 8.43. The van der Waals surface area contributed by atoms with Crippen LogP contribution in [0.5, 0.6) is 0 Å². The number of aliphatic imine (C=N–C) groups is 1. The third-order valence-corrected chi connectivity index (χ3v) is 4.13. The highest BCUT2D eigenvalue weighted by Gasteiger charge is 2.21. The van der Waals surface area contributed by atoms with Crippen LogP contribution in [0.2, 0.25) is 0 Å². The van der Waals surface area contributed by atoms with E-state index in [2.05, 4.69) is 59.4 Å². The SMILES string of the molecule is CC(C)CN=C(N)NCC1CCN(CCc2ccccc2)C1. The topological polar surface area (TPSA) is 53.6 Å². The zero-order valence-corrected chi connectivity index (χ0v) is 14.0. The van der Waals surface area contributed by atoms with Crippen molar-refractivity contribution in [1.29, 1.82) is 0 Å². The van der Waals surface area contributed by atoms with E-state index in [0.29, 0.717) is 17.8 Å². The Morgan fingerprint density at radius 2 is 2.14 bits per heavy atom. The number of guanidine groups is 1. The third-order valence-electron chi connectivity index (χ3n) is 4.13. The van der Waals surface area contributed by atoms with E-state index in [0.717, 1.165) is 32.6 Å². The minimum Gasteiger partial charge on any atom is -0.370 e. The first-order chi connectivity index (χ1) is 10.6. The van der Waals surface area contributed by atoms with Gasteiger partial charge in [0.1, 0.15) is 0 Å². The van der Waals surface area contributed by atoms with E-state index in [1.165, 1.54) is 18.5 Å². The van der Waals surface area contributed by atoms with Crippen LogP contribution in [0.1, 0.15) is 25.8 Å². The van der Waals surface area contributed by atoms with Crippen LogP contribution < -0.4 is 11.1 Å². The molecule has 2 rings (SSSR count). The Morgan fingerprint density at radius 3 is 2.86 bits per heavy atom. The number of rotatable bonds is 7. The zero-order chi connectivity index (χ0) is 15.8. The predicted octanol–water partition coefficient (Wildman–Crippen LogP) is 2.11. The van der Waals surface area contributed by atoms with E-state index in [4.69, 9.17) is 5.73 Å². The summed E-state index contributed by atoms with van der Waals surface area (Å²) in [6.07, 6.45) is 2.39. The van der Waals surface area contributed by atoms with Crippen LogP contribution in [0.4, 0.5) is 0 Å². The molecule has 0 amide bonds. The highest BCUT2D eigenvalue weighted by Crippen LogP contribution is 2.15. The molecule has 0 spiro atoms. The van der Waals surface area contributed by atoms with Crippen molar-refractivity contribution in [2.45, 2.75) is 26.7 Å². The molecule has 4 heteroatoms. The summed E-state index contributed by atoms with van der Waals surface area (Å²) in [7, 11) is 0. The van der Waals surface area contributed by atoms with Gasteiger partial charge in [-0.3, -0.25) is 4.99 Å². The summed E-state index contributed by atoms with van der Waals surface area (Å²) in [6.45, 7) is 9.55. The molecule has 0 aliphatic carbocycles. The minimum absolute atomic E-state index is 0.556. The van der Waals surface area contributed by atoms with Crippen LogP contribution >= 0.6 is 0 Å². The maximum Gasteiger partial charge on any atom is 0.188 e. The van der Waals surface area contributed by atoms with E-state index in [-0.39, 0.29) is 0 Å². The molecule has 1 saturated heterocycles. The number of likely N-dealkylation sites (tertiary alicyclic amines) is 1. The summed E-state index contributed by atoms with van der Waals surface area (Å²) in [6, 6.07) is 10.7. The van der Waals surface area contributed by atoms with Gasteiger partial charge in [-0.1, -0.05) is 44.2 Å². The standard InChI is InChI=1S/C18H30N4/c1-15(2)12-20-18(19)21-13-17-9-11-22(14-17)10-8-16-6-4-3-5-7-16/h3-7,15,17H,8-14H2,1-2H3,(H3,19,20,21). The fourth-order valence-corrected chi connectivity index (χ4v) is 2.80. The lowest BCUT2D eigenvalue weighted by Gasteiger charge is -2.16. The Labute approximate surface area is 134 Å². The van der Waals surface area contributed by atoms with Gasteiger partial charge in [0.05, 0.1) is 0 Å². The first-order valence-electron chi connectivity index (χ1n) is 8.43. The van der Waals surface area contributed by atoms with Gasteiger partial charge in [-0.15, -0.1) is 0 Å². The average Bonchev–Trinajstić information content (AvgIpc) is 2.98. The Hall–Kier alpha value is -1.55. The number of nitrogens with zero attached hydrogens (tertiary/aromatic N) is 2. The van der Waals surface area contributed by atoms with Crippen LogP contribution in [0, 0.1) is 11.8 Å². The quantitative estimate of drug-likeness (QED) is 0.599. The fourth-order valence-electron chi connectivity index (χ4n) is 2.80. The van der Waals surface area contributed by atoms with Crippen molar-refractivity contribution in [3.8, 4) is 0 Å². The third kappa shape index (κ3) is 6.06. The Balaban J connectivity index is 1.64. The molecule has 22 heavy (non-hydrogen) atoms. The lowest BCUT2D eigenvalue weighted by molar-refractivity contribution is 0.328. The van der Waals surface area contributed by atoms with Gasteiger partial charge in [0.2, 0.25) is 0 Å². The lowest BCUT2D eigenvalue weighted by Crippen LogP contribution is -2.36. The maximum atomic E-state index is 5.89. The number of benzene rings is 1. The zero-order valence-electron chi connectivity index (χ0n) is 14.0. The van der Waals surface area contributed by atoms with Crippen molar-refractivity contribution >= 4 is 5.96 Å². The predicted molar refractivity (Wildman–Crippen MR) is 94.0 cm³/mol. The lowest BCUT2D eigenvalue weighted by atomic mass is 10.1. The molecule has 1 aromatic carbocycles. The first kappa shape index (κ1) is 16.8. The molecule has 1 heterocycles. The van der Waals surface area contributed by atoms with Crippen molar-refractivity contribution in [2.24, 2.45) is 22.6 Å². The summed E-state index contributed by atoms with van der Waals surface area (Å²) in [5, 5.41) is 3.28. The molecular weight excluding hydrogens is 272 g/mol. The largest absolute Gasteiger partial charge is 0.370 e. The second-order valence-corrected chi connectivity index (χ2v) is 6.69. The van der Waals surface area contributed by atoms with E-state index >= 15 is 0 Å². The summed E-state index contributed by atoms with van der Waals surface area (Å²) in [4.78, 5) is 6.91. The smallest absolute Gasteiger partial charge is 0.188 e. The molecule has 4 nitrogen and oxygen atoms in total. The van der Waals surface area contributed by atoms with Gasteiger partial charge in [0, 0.05) is 26.2 Å². The van der Waals surface area contributed by atoms with E-state index in [9.17, 15) is 0 Å². The van der Waals surface area contributed by atoms with Crippen LogP contribution in [-0.2, 0) is 6.42 Å². The van der Waals surface area contributed by atoms with Crippen molar-refractivity contribution in [3.05, 3.63) is 35.9 Å². The number of nitrogens with one attached hydrogen (secondary N) is 1. The average molecular weight is 302 g/mol. The molecule has 1 atom stereocenters. The van der Waals surface area contributed by atoms with Crippen molar-refractivity contribution in [2.75, 3.05) is 32.7 Å². The number of nitrogens with two attached hydrogens (primary N) is 1. The van der Waals surface area contributed by atoms with Crippen molar-refractivity contribution in [3.63, 3.8) is 0 Å². The van der Waals surface area contributed by atoms with Gasteiger partial charge >= 0.3 is 0 Å². The van der Waals surface area contributed by atoms with E-state index in [1.807, 2.05) is 0 Å². The van der Waals surface area contributed by atoms with Gasteiger partial charge in [-0.2, -0.15) is 0 Å². The monoisotopic (exact) mass is 302 g/mol. The molecule has 0 radical (unpaired) electrons. The fraction of sp³-hybridized carbons (Fsp3) is 0.611. The molecule has 3 N–H and O–H groups in total. The van der Waals surface area contributed by atoms with Crippen LogP contribution in [-0.4, -0.2) is 43.6 Å². The highest BCUT2D eigenvalue weighted by molar-refractivity contribution is 5.77. The molecule has 122 valence electrons. The Bertz CT molecular complexity index is 455.